The Kier molecular flexibility index (Phi) is 4.36. The van der Waals surface area contributed by atoms with E-state index in [0.717, 1.165) is 16.8 Å². The lowest BCUT2D eigenvalue weighted by atomic mass is 9.98. The molecule has 0 aromatic heterocycles. The van der Waals surface area contributed by atoms with Gasteiger partial charge in [0.15, 0.2) is 0 Å². The largest absolute Gasteiger partial charge is 0.273 e. The standard InChI is InChI=1S/C17H15N5O/c18-21-19-12-17(23)22-16(14-9-5-2-6-10-14)11-15(20-22)13-7-3-1-4-8-13/h1-10,16H,11-12H2/t16-/m0/s1. The Hall–Kier alpha value is -3.11. The van der Waals surface area contributed by atoms with E-state index < -0.39 is 0 Å². The molecule has 1 aliphatic rings. The molecule has 0 unspecified atom stereocenters. The summed E-state index contributed by atoms with van der Waals surface area (Å²) in [5, 5.41) is 9.29. The van der Waals surface area contributed by atoms with E-state index in [1.165, 1.54) is 5.01 Å². The Bertz CT molecular complexity index is 766. The van der Waals surface area contributed by atoms with Crippen LogP contribution in [0.1, 0.15) is 23.6 Å². The molecule has 3 rings (SSSR count). The van der Waals surface area contributed by atoms with Crippen molar-refractivity contribution in [2.24, 2.45) is 10.2 Å². The Morgan fingerprint density at radius 3 is 2.48 bits per heavy atom. The molecule has 0 bridgehead atoms. The molecule has 1 amide bonds. The molecule has 0 N–H and O–H groups in total. The van der Waals surface area contributed by atoms with E-state index in [1.807, 2.05) is 60.7 Å². The molecule has 6 nitrogen and oxygen atoms in total. The van der Waals surface area contributed by atoms with Crippen molar-refractivity contribution >= 4 is 11.6 Å². The smallest absolute Gasteiger partial charge is 0.249 e. The van der Waals surface area contributed by atoms with Crippen LogP contribution >= 0.6 is 0 Å². The van der Waals surface area contributed by atoms with Crippen molar-refractivity contribution in [3.05, 3.63) is 82.2 Å². The van der Waals surface area contributed by atoms with Crippen LogP contribution in [-0.2, 0) is 4.79 Å². The minimum atomic E-state index is -0.303. The van der Waals surface area contributed by atoms with Crippen molar-refractivity contribution in [1.29, 1.82) is 0 Å². The first-order valence-corrected chi connectivity index (χ1v) is 7.30. The number of nitrogens with zero attached hydrogens (tertiary/aromatic N) is 5. The van der Waals surface area contributed by atoms with Crippen molar-refractivity contribution < 1.29 is 4.79 Å². The first-order valence-electron chi connectivity index (χ1n) is 7.30. The van der Waals surface area contributed by atoms with E-state index in [-0.39, 0.29) is 18.5 Å². The van der Waals surface area contributed by atoms with Gasteiger partial charge in [0, 0.05) is 11.3 Å². The molecule has 1 heterocycles. The average Bonchev–Trinajstić information content (AvgIpc) is 3.07. The van der Waals surface area contributed by atoms with Gasteiger partial charge in [-0.05, 0) is 16.7 Å². The van der Waals surface area contributed by atoms with E-state index in [1.54, 1.807) is 0 Å². The van der Waals surface area contributed by atoms with E-state index in [0.29, 0.717) is 6.42 Å². The predicted molar refractivity (Wildman–Crippen MR) is 87.6 cm³/mol. The number of carbonyl (C=O) groups is 1. The van der Waals surface area contributed by atoms with Gasteiger partial charge in [-0.2, -0.15) is 5.10 Å². The Balaban J connectivity index is 1.93. The molecule has 23 heavy (non-hydrogen) atoms. The third-order valence-corrected chi connectivity index (χ3v) is 3.73. The fourth-order valence-electron chi connectivity index (χ4n) is 2.64. The summed E-state index contributed by atoms with van der Waals surface area (Å²) in [5.74, 6) is -0.303. The Morgan fingerprint density at radius 1 is 1.17 bits per heavy atom. The summed E-state index contributed by atoms with van der Waals surface area (Å²) in [6.07, 6.45) is 0.635. The zero-order valence-corrected chi connectivity index (χ0v) is 12.4. The summed E-state index contributed by atoms with van der Waals surface area (Å²) in [6.45, 7) is -0.231. The second-order valence-corrected chi connectivity index (χ2v) is 5.17. The van der Waals surface area contributed by atoms with E-state index >= 15 is 0 Å². The van der Waals surface area contributed by atoms with Crippen molar-refractivity contribution in [3.8, 4) is 0 Å². The summed E-state index contributed by atoms with van der Waals surface area (Å²) >= 11 is 0. The van der Waals surface area contributed by atoms with Crippen LogP contribution in [0.15, 0.2) is 70.9 Å². The molecular formula is C17H15N5O. The molecule has 2 aromatic carbocycles. The van der Waals surface area contributed by atoms with Crippen molar-refractivity contribution in [2.45, 2.75) is 12.5 Å². The monoisotopic (exact) mass is 305 g/mol. The fraction of sp³-hybridized carbons (Fsp3) is 0.176. The highest BCUT2D eigenvalue weighted by atomic mass is 16.2. The molecule has 0 radical (unpaired) electrons. The van der Waals surface area contributed by atoms with Crippen LogP contribution in [0.2, 0.25) is 0 Å². The molecule has 2 aromatic rings. The molecule has 0 fully saturated rings. The third-order valence-electron chi connectivity index (χ3n) is 3.73. The number of azide groups is 1. The molecular weight excluding hydrogens is 290 g/mol. The number of hydrazone groups is 1. The van der Waals surface area contributed by atoms with Crippen LogP contribution in [0, 0.1) is 0 Å². The first kappa shape index (κ1) is 14.8. The van der Waals surface area contributed by atoms with E-state index in [2.05, 4.69) is 15.1 Å². The number of rotatable bonds is 4. The molecule has 1 aliphatic heterocycles. The van der Waals surface area contributed by atoms with Gasteiger partial charge in [-0.15, -0.1) is 0 Å². The highest BCUT2D eigenvalue weighted by molar-refractivity contribution is 6.03. The first-order chi connectivity index (χ1) is 11.3. The van der Waals surface area contributed by atoms with Gasteiger partial charge in [0.05, 0.1) is 11.8 Å². The minimum Gasteiger partial charge on any atom is -0.273 e. The van der Waals surface area contributed by atoms with Gasteiger partial charge in [0.1, 0.15) is 6.54 Å². The zero-order valence-electron chi connectivity index (χ0n) is 12.4. The molecule has 0 saturated carbocycles. The SMILES string of the molecule is [N-]=[N+]=NCC(=O)N1N=C(c2ccccc2)C[C@H]1c1ccccc1. The lowest BCUT2D eigenvalue weighted by Gasteiger charge is -2.21. The molecule has 0 spiro atoms. The van der Waals surface area contributed by atoms with Gasteiger partial charge in [-0.25, -0.2) is 5.01 Å². The summed E-state index contributed by atoms with van der Waals surface area (Å²) in [7, 11) is 0. The quantitative estimate of drug-likeness (QED) is 0.482. The number of amides is 1. The van der Waals surface area contributed by atoms with Gasteiger partial charge < -0.3 is 0 Å². The number of carbonyl (C=O) groups excluding carboxylic acids is 1. The van der Waals surface area contributed by atoms with Crippen LogP contribution < -0.4 is 0 Å². The number of benzene rings is 2. The lowest BCUT2D eigenvalue weighted by molar-refractivity contribution is -0.131. The number of hydrogen-bond acceptors (Lipinski definition) is 3. The number of hydrogen-bond donors (Lipinski definition) is 0. The van der Waals surface area contributed by atoms with Crippen molar-refractivity contribution in [1.82, 2.24) is 5.01 Å². The van der Waals surface area contributed by atoms with Gasteiger partial charge in [-0.3, -0.25) is 4.79 Å². The van der Waals surface area contributed by atoms with Crippen LogP contribution in [0.25, 0.3) is 10.4 Å². The van der Waals surface area contributed by atoms with Crippen molar-refractivity contribution in [2.75, 3.05) is 6.54 Å². The summed E-state index contributed by atoms with van der Waals surface area (Å²) in [6, 6.07) is 19.4. The highest BCUT2D eigenvalue weighted by Gasteiger charge is 2.32. The maximum absolute atomic E-state index is 12.3. The second-order valence-electron chi connectivity index (χ2n) is 5.17. The predicted octanol–water partition coefficient (Wildman–Crippen LogP) is 3.67. The minimum absolute atomic E-state index is 0.173. The van der Waals surface area contributed by atoms with Crippen LogP contribution in [0.3, 0.4) is 0 Å². The van der Waals surface area contributed by atoms with Crippen LogP contribution in [-0.4, -0.2) is 23.2 Å². The van der Waals surface area contributed by atoms with E-state index in [9.17, 15) is 4.79 Å². The van der Waals surface area contributed by atoms with Gasteiger partial charge in [0.2, 0.25) is 5.91 Å². The van der Waals surface area contributed by atoms with Crippen LogP contribution in [0.5, 0.6) is 0 Å². The highest BCUT2D eigenvalue weighted by Crippen LogP contribution is 2.32. The average molecular weight is 305 g/mol. The lowest BCUT2D eigenvalue weighted by Crippen LogP contribution is -2.28. The maximum atomic E-state index is 12.3. The van der Waals surface area contributed by atoms with Gasteiger partial charge in [-0.1, -0.05) is 65.8 Å². The van der Waals surface area contributed by atoms with Gasteiger partial charge >= 0.3 is 0 Å². The normalized spacial score (nSPS) is 16.6. The van der Waals surface area contributed by atoms with E-state index in [4.69, 9.17) is 5.53 Å². The Labute approximate surface area is 133 Å². The maximum Gasteiger partial charge on any atom is 0.249 e. The van der Waals surface area contributed by atoms with Crippen LogP contribution in [0.4, 0.5) is 0 Å². The second kappa shape index (κ2) is 6.77. The zero-order chi connectivity index (χ0) is 16.1. The topological polar surface area (TPSA) is 81.4 Å². The van der Waals surface area contributed by atoms with Crippen molar-refractivity contribution in [3.63, 3.8) is 0 Å². The molecule has 6 heteroatoms. The summed E-state index contributed by atoms with van der Waals surface area (Å²) in [4.78, 5) is 15.0. The molecule has 1 atom stereocenters. The summed E-state index contributed by atoms with van der Waals surface area (Å²) < 4.78 is 0. The summed E-state index contributed by atoms with van der Waals surface area (Å²) in [5.41, 5.74) is 11.3. The molecule has 0 aliphatic carbocycles. The molecule has 0 saturated heterocycles. The fourth-order valence-corrected chi connectivity index (χ4v) is 2.64. The Morgan fingerprint density at radius 2 is 1.83 bits per heavy atom. The van der Waals surface area contributed by atoms with Gasteiger partial charge in [0.25, 0.3) is 0 Å². The molecule has 114 valence electrons. The third kappa shape index (κ3) is 3.22.